The summed E-state index contributed by atoms with van der Waals surface area (Å²) in [6.07, 6.45) is 0. The van der Waals surface area contributed by atoms with Gasteiger partial charge in [-0.2, -0.15) is 0 Å². The largest absolute Gasteiger partial charge is 0.497 e. The highest BCUT2D eigenvalue weighted by Crippen LogP contribution is 2.42. The smallest absolute Gasteiger partial charge is 0.488 e. The Hall–Kier alpha value is -1.35. The number of methoxy groups -OCH3 is 2. The number of rotatable bonds is 10. The first-order chi connectivity index (χ1) is 24.3. The normalized spacial score (nSPS) is 11.2. The van der Waals surface area contributed by atoms with Gasteiger partial charge < -0.3 is 19.5 Å². The molecule has 0 aromatic heterocycles. The first-order valence-electron chi connectivity index (χ1n) is 18.3. The predicted octanol–water partition coefficient (Wildman–Crippen LogP) is 13.0. The Morgan fingerprint density at radius 2 is 0.788 bits per heavy atom. The summed E-state index contributed by atoms with van der Waals surface area (Å²) in [6.45, 7) is 27.5. The minimum absolute atomic E-state index is 0.464. The summed E-state index contributed by atoms with van der Waals surface area (Å²) in [6, 6.07) is 19.9. The topological polar surface area (TPSA) is 58.9 Å². The van der Waals surface area contributed by atoms with Crippen molar-refractivity contribution in [1.82, 2.24) is 0 Å². The van der Waals surface area contributed by atoms with Gasteiger partial charge in [0, 0.05) is 10.7 Å². The lowest BCUT2D eigenvalue weighted by Crippen LogP contribution is -2.29. The first kappa shape index (κ1) is 46.8. The third-order valence-corrected chi connectivity index (χ3v) is 12.7. The van der Waals surface area contributed by atoms with Gasteiger partial charge in [-0.05, 0) is 178 Å². The van der Waals surface area contributed by atoms with Crippen LogP contribution in [0.5, 0.6) is 11.5 Å². The van der Waals surface area contributed by atoms with Crippen LogP contribution in [0, 0.1) is 10.7 Å². The molecule has 0 spiro atoms. The molecular formula is C44H60BI3O4. The van der Waals surface area contributed by atoms with Crippen LogP contribution in [0.1, 0.15) is 152 Å². The molecule has 4 nitrogen and oxygen atoms in total. The molecule has 4 rings (SSSR count). The van der Waals surface area contributed by atoms with Gasteiger partial charge in [0.2, 0.25) is 0 Å². The zero-order valence-electron chi connectivity index (χ0n) is 33.7. The number of hydrogen-bond donors (Lipinski definition) is 2. The summed E-state index contributed by atoms with van der Waals surface area (Å²) in [5, 5.41) is 17.4. The second-order valence-corrected chi connectivity index (χ2v) is 18.3. The SMILES string of the molecule is CC(C)c1cc(C(C)C)c(I)c(C(C)C)c1I.COc1ccc(-c2c(C(C)C)cc(C(C)C)c(I)c2C(C)C)cc1.COc1ccc(B(O)O)cc1. The molecule has 4 aromatic rings. The van der Waals surface area contributed by atoms with E-state index >= 15 is 0 Å². The van der Waals surface area contributed by atoms with Crippen molar-refractivity contribution >= 4 is 80.4 Å². The number of benzene rings is 4. The molecule has 0 unspecified atom stereocenters. The molecule has 0 saturated carbocycles. The third kappa shape index (κ3) is 12.3. The van der Waals surface area contributed by atoms with Crippen molar-refractivity contribution in [2.75, 3.05) is 14.2 Å². The molecule has 8 heteroatoms. The molecule has 0 radical (unpaired) electrons. The van der Waals surface area contributed by atoms with Gasteiger partial charge in [-0.25, -0.2) is 0 Å². The lowest BCUT2D eigenvalue weighted by Gasteiger charge is -2.25. The van der Waals surface area contributed by atoms with Crippen LogP contribution in [-0.4, -0.2) is 31.4 Å². The standard InChI is InChI=1S/C22H29IO.C15H22I2.C7H9BO3/c1-13(2)18-12-19(14(3)4)22(23)20(15(5)6)21(18)16-8-10-17(24-7)11-9-16;1-8(2)11-7-12(9(3)4)15(17)13(10(5)6)14(11)16;1-11-7-4-2-6(3-5-7)8(9)10/h8-15H,1-7H3;7-10H,1-6H3;2-5,9-10H,1H3. The maximum absolute atomic E-state index is 8.70. The van der Waals surface area contributed by atoms with Crippen molar-refractivity contribution in [3.05, 3.63) is 105 Å². The molecule has 284 valence electrons. The minimum atomic E-state index is -1.40. The molecule has 0 aliphatic rings. The van der Waals surface area contributed by atoms with E-state index in [2.05, 4.69) is 187 Å². The average Bonchev–Trinajstić information content (AvgIpc) is 3.07. The summed E-state index contributed by atoms with van der Waals surface area (Å²) < 4.78 is 14.6. The van der Waals surface area contributed by atoms with Crippen LogP contribution in [-0.2, 0) is 0 Å². The van der Waals surface area contributed by atoms with E-state index < -0.39 is 7.12 Å². The van der Waals surface area contributed by atoms with Crippen LogP contribution >= 0.6 is 67.8 Å². The Bertz CT molecular complexity index is 1680. The van der Waals surface area contributed by atoms with E-state index in [0.717, 1.165) is 5.75 Å². The van der Waals surface area contributed by atoms with E-state index in [1.54, 1.807) is 44.0 Å². The number of ether oxygens (including phenoxy) is 2. The monoisotopic (exact) mass is 1040 g/mol. The Kier molecular flexibility index (Phi) is 19.5. The maximum Gasteiger partial charge on any atom is 0.488 e. The Labute approximate surface area is 356 Å². The lowest BCUT2D eigenvalue weighted by atomic mass is 9.80. The zero-order chi connectivity index (χ0) is 39.6. The van der Waals surface area contributed by atoms with Gasteiger partial charge in [-0.3, -0.25) is 0 Å². The highest BCUT2D eigenvalue weighted by atomic mass is 127. The van der Waals surface area contributed by atoms with Crippen molar-refractivity contribution in [3.63, 3.8) is 0 Å². The van der Waals surface area contributed by atoms with Crippen LogP contribution in [0.15, 0.2) is 60.7 Å². The molecule has 0 fully saturated rings. The van der Waals surface area contributed by atoms with Gasteiger partial charge in [0.05, 0.1) is 14.2 Å². The maximum atomic E-state index is 8.70. The number of hydrogen-bond acceptors (Lipinski definition) is 4. The summed E-state index contributed by atoms with van der Waals surface area (Å²) in [4.78, 5) is 0. The molecule has 4 aromatic carbocycles. The van der Waals surface area contributed by atoms with Crippen LogP contribution in [0.2, 0.25) is 0 Å². The van der Waals surface area contributed by atoms with Crippen LogP contribution in [0.4, 0.5) is 0 Å². The minimum Gasteiger partial charge on any atom is -0.497 e. The average molecular weight is 1040 g/mol. The van der Waals surface area contributed by atoms with E-state index in [0.29, 0.717) is 46.7 Å². The second-order valence-electron chi connectivity index (χ2n) is 15.1. The zero-order valence-corrected chi connectivity index (χ0v) is 40.1. The van der Waals surface area contributed by atoms with Gasteiger partial charge in [0.1, 0.15) is 11.5 Å². The van der Waals surface area contributed by atoms with E-state index in [9.17, 15) is 0 Å². The van der Waals surface area contributed by atoms with Gasteiger partial charge in [-0.1, -0.05) is 119 Å². The summed E-state index contributed by atoms with van der Waals surface area (Å²) in [5.41, 5.74) is 12.1. The van der Waals surface area contributed by atoms with E-state index in [-0.39, 0.29) is 0 Å². The van der Waals surface area contributed by atoms with Gasteiger partial charge in [0.25, 0.3) is 0 Å². The van der Waals surface area contributed by atoms with Crippen molar-refractivity contribution in [1.29, 1.82) is 0 Å². The highest BCUT2D eigenvalue weighted by Gasteiger charge is 2.23. The Balaban J connectivity index is 0.000000291. The molecule has 0 saturated heterocycles. The Morgan fingerprint density at radius 3 is 1.10 bits per heavy atom. The second kappa shape index (κ2) is 21.7. The molecular weight excluding hydrogens is 984 g/mol. The lowest BCUT2D eigenvalue weighted by molar-refractivity contribution is 0.414. The summed E-state index contributed by atoms with van der Waals surface area (Å²) >= 11 is 7.62. The molecule has 2 N–H and O–H groups in total. The summed E-state index contributed by atoms with van der Waals surface area (Å²) in [7, 11) is 1.87. The van der Waals surface area contributed by atoms with Crippen molar-refractivity contribution in [3.8, 4) is 22.6 Å². The first-order valence-corrected chi connectivity index (χ1v) is 21.5. The van der Waals surface area contributed by atoms with Gasteiger partial charge in [0.15, 0.2) is 0 Å². The molecule has 0 heterocycles. The van der Waals surface area contributed by atoms with E-state index in [1.807, 2.05) is 0 Å². The van der Waals surface area contributed by atoms with E-state index in [4.69, 9.17) is 19.5 Å². The molecule has 0 aliphatic carbocycles. The van der Waals surface area contributed by atoms with Gasteiger partial charge >= 0.3 is 7.12 Å². The fourth-order valence-corrected chi connectivity index (χ4v) is 11.6. The van der Waals surface area contributed by atoms with Crippen LogP contribution in [0.3, 0.4) is 0 Å². The van der Waals surface area contributed by atoms with Crippen molar-refractivity contribution < 1.29 is 19.5 Å². The molecule has 0 bridgehead atoms. The molecule has 0 atom stereocenters. The van der Waals surface area contributed by atoms with Crippen LogP contribution in [0.25, 0.3) is 11.1 Å². The fourth-order valence-electron chi connectivity index (χ4n) is 6.05. The fraction of sp³-hybridized carbons (Fsp3) is 0.455. The van der Waals surface area contributed by atoms with Crippen LogP contribution < -0.4 is 14.9 Å². The Morgan fingerprint density at radius 1 is 0.462 bits per heavy atom. The highest BCUT2D eigenvalue weighted by molar-refractivity contribution is 14.1. The molecule has 0 aliphatic heterocycles. The molecule has 52 heavy (non-hydrogen) atoms. The van der Waals surface area contributed by atoms with Crippen molar-refractivity contribution in [2.24, 2.45) is 0 Å². The number of halogens is 3. The quantitative estimate of drug-likeness (QED) is 0.123. The third-order valence-electron chi connectivity index (χ3n) is 9.09. The predicted molar refractivity (Wildman–Crippen MR) is 250 cm³/mol. The van der Waals surface area contributed by atoms with Gasteiger partial charge in [-0.15, -0.1) is 0 Å². The molecule has 0 amide bonds. The van der Waals surface area contributed by atoms with Crippen molar-refractivity contribution in [2.45, 2.75) is 119 Å². The summed E-state index contributed by atoms with van der Waals surface area (Å²) in [5.74, 6) is 4.95. The van der Waals surface area contributed by atoms with E-state index in [1.165, 1.54) is 49.7 Å².